The van der Waals surface area contributed by atoms with E-state index >= 15 is 0 Å². The van der Waals surface area contributed by atoms with Crippen LogP contribution in [0, 0.1) is 11.3 Å². The molecule has 1 amide bonds. The molecule has 0 unspecified atom stereocenters. The first kappa shape index (κ1) is 25.4. The van der Waals surface area contributed by atoms with Gasteiger partial charge in [-0.15, -0.1) is 10.2 Å². The summed E-state index contributed by atoms with van der Waals surface area (Å²) in [5.41, 5.74) is 2.69. The van der Waals surface area contributed by atoms with Crippen molar-refractivity contribution in [2.75, 3.05) is 12.3 Å². The van der Waals surface area contributed by atoms with E-state index in [4.69, 9.17) is 16.9 Å². The van der Waals surface area contributed by atoms with Crippen LogP contribution < -0.4 is 0 Å². The Morgan fingerprint density at radius 2 is 1.86 bits per heavy atom. The van der Waals surface area contributed by atoms with Gasteiger partial charge in [0.15, 0.2) is 11.0 Å². The molecule has 0 spiro atoms. The number of hydrogen-bond donors (Lipinski definition) is 0. The first-order valence-electron chi connectivity index (χ1n) is 11.6. The van der Waals surface area contributed by atoms with Crippen LogP contribution in [0.2, 0.25) is 5.02 Å². The van der Waals surface area contributed by atoms with Gasteiger partial charge >= 0.3 is 0 Å². The molecule has 0 aliphatic carbocycles. The molecule has 0 aliphatic rings. The third kappa shape index (κ3) is 6.51. The molecule has 0 saturated carbocycles. The second-order valence-corrected chi connectivity index (χ2v) is 9.46. The van der Waals surface area contributed by atoms with E-state index in [2.05, 4.69) is 21.3 Å². The maximum atomic E-state index is 12.9. The van der Waals surface area contributed by atoms with Crippen molar-refractivity contribution in [1.82, 2.24) is 24.6 Å². The third-order valence-electron chi connectivity index (χ3n) is 5.47. The Balaban J connectivity index is 1.43. The van der Waals surface area contributed by atoms with Crippen LogP contribution >= 0.6 is 23.4 Å². The van der Waals surface area contributed by atoms with Crippen molar-refractivity contribution in [3.8, 4) is 23.1 Å². The van der Waals surface area contributed by atoms with E-state index in [-0.39, 0.29) is 5.91 Å². The fourth-order valence-corrected chi connectivity index (χ4v) is 4.84. The average molecular weight is 517 g/mol. The van der Waals surface area contributed by atoms with E-state index in [0.717, 1.165) is 22.0 Å². The minimum atomic E-state index is 0.0241. The van der Waals surface area contributed by atoms with Crippen LogP contribution in [-0.2, 0) is 11.3 Å². The molecular formula is C27H25ClN6OS. The fourth-order valence-electron chi connectivity index (χ4n) is 3.72. The number of nitrogens with zero attached hydrogens (tertiary/aromatic N) is 6. The van der Waals surface area contributed by atoms with Gasteiger partial charge in [-0.2, -0.15) is 5.26 Å². The topological polar surface area (TPSA) is 87.7 Å². The summed E-state index contributed by atoms with van der Waals surface area (Å²) in [6.45, 7) is 0.853. The molecule has 0 fully saturated rings. The Morgan fingerprint density at radius 3 is 2.61 bits per heavy atom. The summed E-state index contributed by atoms with van der Waals surface area (Å²) in [5.74, 6) is 1.39. The van der Waals surface area contributed by atoms with Gasteiger partial charge in [-0.05, 0) is 42.3 Å². The van der Waals surface area contributed by atoms with Crippen LogP contribution in [0.15, 0.2) is 84.3 Å². The van der Waals surface area contributed by atoms with Crippen LogP contribution in [0.1, 0.15) is 24.8 Å². The van der Waals surface area contributed by atoms with E-state index in [1.54, 1.807) is 29.1 Å². The first-order chi connectivity index (χ1) is 17.7. The van der Waals surface area contributed by atoms with E-state index in [9.17, 15) is 4.79 Å². The number of hydrogen-bond acceptors (Lipinski definition) is 6. The minimum absolute atomic E-state index is 0.0241. The number of para-hydroxylation sites is 1. The zero-order valence-electron chi connectivity index (χ0n) is 19.6. The van der Waals surface area contributed by atoms with Crippen LogP contribution in [0.3, 0.4) is 0 Å². The average Bonchev–Trinajstić information content (AvgIpc) is 3.33. The van der Waals surface area contributed by atoms with E-state index < -0.39 is 0 Å². The Hall–Kier alpha value is -3.67. The molecule has 36 heavy (non-hydrogen) atoms. The van der Waals surface area contributed by atoms with Crippen LogP contribution in [0.5, 0.6) is 0 Å². The maximum Gasteiger partial charge on any atom is 0.222 e. The number of halogens is 1. The highest BCUT2D eigenvalue weighted by atomic mass is 35.5. The molecule has 2 aromatic heterocycles. The predicted molar refractivity (Wildman–Crippen MR) is 142 cm³/mol. The minimum Gasteiger partial charge on any atom is -0.337 e. The van der Waals surface area contributed by atoms with Crippen LogP contribution in [0.4, 0.5) is 0 Å². The smallest absolute Gasteiger partial charge is 0.222 e. The summed E-state index contributed by atoms with van der Waals surface area (Å²) >= 11 is 8.01. The lowest BCUT2D eigenvalue weighted by molar-refractivity contribution is -0.131. The lowest BCUT2D eigenvalue weighted by Gasteiger charge is -2.21. The molecule has 4 aromatic rings. The molecule has 4 rings (SSSR count). The molecule has 0 saturated heterocycles. The third-order valence-corrected chi connectivity index (χ3v) is 6.82. The number of carbonyl (C=O) groups is 1. The number of aromatic nitrogens is 4. The summed E-state index contributed by atoms with van der Waals surface area (Å²) in [7, 11) is 0. The van der Waals surface area contributed by atoms with Crippen molar-refractivity contribution in [1.29, 1.82) is 5.26 Å². The van der Waals surface area contributed by atoms with Crippen molar-refractivity contribution in [3.63, 3.8) is 0 Å². The Bertz CT molecular complexity index is 1320. The molecule has 0 radical (unpaired) electrons. The number of pyridine rings is 1. The predicted octanol–water partition coefficient (Wildman–Crippen LogP) is 5.80. The summed E-state index contributed by atoms with van der Waals surface area (Å²) in [6.07, 6.45) is 4.80. The zero-order valence-corrected chi connectivity index (χ0v) is 21.2. The van der Waals surface area contributed by atoms with Gasteiger partial charge in [0.1, 0.15) is 0 Å². The second kappa shape index (κ2) is 12.9. The molecule has 9 heteroatoms. The first-order valence-corrected chi connectivity index (χ1v) is 13.0. The van der Waals surface area contributed by atoms with Gasteiger partial charge in [0.25, 0.3) is 0 Å². The van der Waals surface area contributed by atoms with Gasteiger partial charge in [0.05, 0.1) is 17.5 Å². The number of nitriles is 1. The fraction of sp³-hybridized carbons (Fsp3) is 0.222. The molecule has 2 aromatic carbocycles. The lowest BCUT2D eigenvalue weighted by Crippen LogP contribution is -2.31. The van der Waals surface area contributed by atoms with Gasteiger partial charge in [0, 0.05) is 48.9 Å². The Morgan fingerprint density at radius 1 is 1.06 bits per heavy atom. The van der Waals surface area contributed by atoms with E-state index in [1.807, 2.05) is 71.3 Å². The normalized spacial score (nSPS) is 10.7. The Kier molecular flexibility index (Phi) is 9.09. The molecule has 0 N–H and O–H groups in total. The molecule has 182 valence electrons. The quantitative estimate of drug-likeness (QED) is 0.185. The SMILES string of the molecule is N#CCCN(Cc1cccnc1)C(=O)CCCSc1nnc(-c2ccccc2Cl)n1-c1ccccc1. The van der Waals surface area contributed by atoms with Gasteiger partial charge in [-0.3, -0.25) is 14.3 Å². The second-order valence-electron chi connectivity index (χ2n) is 7.99. The highest BCUT2D eigenvalue weighted by Gasteiger charge is 2.19. The lowest BCUT2D eigenvalue weighted by atomic mass is 10.2. The zero-order chi connectivity index (χ0) is 25.2. The van der Waals surface area contributed by atoms with Gasteiger partial charge < -0.3 is 4.90 Å². The summed E-state index contributed by atoms with van der Waals surface area (Å²) in [4.78, 5) is 18.8. The molecule has 0 atom stereocenters. The number of thioether (sulfide) groups is 1. The molecular weight excluding hydrogens is 492 g/mol. The number of benzene rings is 2. The van der Waals surface area contributed by atoms with Crippen molar-refractivity contribution < 1.29 is 4.79 Å². The van der Waals surface area contributed by atoms with Crippen molar-refractivity contribution in [2.45, 2.75) is 31.0 Å². The summed E-state index contributed by atoms with van der Waals surface area (Å²) < 4.78 is 2.00. The highest BCUT2D eigenvalue weighted by Crippen LogP contribution is 2.32. The standard InChI is InChI=1S/C27H25ClN6OS/c28-24-13-5-4-12-23(24)26-31-32-27(34(26)22-10-2-1-3-11-22)36-18-7-14-25(35)33(17-8-15-29)20-21-9-6-16-30-19-21/h1-6,9-13,16,19H,7-8,14,17-18,20H2. The van der Waals surface area contributed by atoms with Crippen molar-refractivity contribution >= 4 is 29.3 Å². The van der Waals surface area contributed by atoms with Gasteiger partial charge in [-0.25, -0.2) is 0 Å². The van der Waals surface area contributed by atoms with Crippen molar-refractivity contribution in [2.24, 2.45) is 0 Å². The highest BCUT2D eigenvalue weighted by molar-refractivity contribution is 7.99. The summed E-state index contributed by atoms with van der Waals surface area (Å²) in [5, 5.41) is 19.2. The molecule has 0 aliphatic heterocycles. The van der Waals surface area contributed by atoms with Crippen LogP contribution in [-0.4, -0.2) is 42.9 Å². The van der Waals surface area contributed by atoms with Crippen molar-refractivity contribution in [3.05, 3.63) is 89.7 Å². The monoisotopic (exact) mass is 516 g/mol. The molecule has 2 heterocycles. The van der Waals surface area contributed by atoms with E-state index in [1.165, 1.54) is 0 Å². The number of amides is 1. The number of carbonyl (C=O) groups excluding carboxylic acids is 1. The largest absolute Gasteiger partial charge is 0.337 e. The summed E-state index contributed by atoms with van der Waals surface area (Å²) in [6, 6.07) is 23.4. The molecule has 0 bridgehead atoms. The van der Waals surface area contributed by atoms with E-state index in [0.29, 0.717) is 49.0 Å². The molecule has 7 nitrogen and oxygen atoms in total. The van der Waals surface area contributed by atoms with Gasteiger partial charge in [0.2, 0.25) is 5.91 Å². The maximum absolute atomic E-state index is 12.9. The van der Waals surface area contributed by atoms with Gasteiger partial charge in [-0.1, -0.05) is 59.8 Å². The van der Waals surface area contributed by atoms with Crippen LogP contribution in [0.25, 0.3) is 17.1 Å². The Labute approximate surface area is 219 Å². The number of rotatable bonds is 11.